The second-order valence-electron chi connectivity index (χ2n) is 3.77. The van der Waals surface area contributed by atoms with Crippen molar-refractivity contribution in [3.05, 3.63) is 0 Å². The van der Waals surface area contributed by atoms with Crippen molar-refractivity contribution in [2.75, 3.05) is 18.1 Å². The maximum absolute atomic E-state index is 11.5. The van der Waals surface area contributed by atoms with Crippen molar-refractivity contribution in [1.82, 2.24) is 0 Å². The molecule has 1 aliphatic carbocycles. The Morgan fingerprint density at radius 1 is 1.54 bits per heavy atom. The maximum atomic E-state index is 11.5. The van der Waals surface area contributed by atoms with Crippen molar-refractivity contribution in [1.29, 1.82) is 5.26 Å². The summed E-state index contributed by atoms with van der Waals surface area (Å²) in [5.74, 6) is 1.41. The summed E-state index contributed by atoms with van der Waals surface area (Å²) >= 11 is 0. The van der Waals surface area contributed by atoms with Crippen LogP contribution in [0.3, 0.4) is 0 Å². The lowest BCUT2D eigenvalue weighted by molar-refractivity contribution is 0.586. The molecule has 0 heterocycles. The molecule has 0 aromatic heterocycles. The molecule has 4 heteroatoms. The first-order valence-corrected chi connectivity index (χ1v) is 6.13. The van der Waals surface area contributed by atoms with E-state index in [2.05, 4.69) is 6.07 Å². The van der Waals surface area contributed by atoms with Gasteiger partial charge in [0.25, 0.3) is 0 Å². The first-order valence-electron chi connectivity index (χ1n) is 4.64. The van der Waals surface area contributed by atoms with Crippen LogP contribution >= 0.6 is 0 Å². The lowest BCUT2D eigenvalue weighted by atomic mass is 10.1. The third kappa shape index (κ3) is 3.45. The lowest BCUT2D eigenvalue weighted by Gasteiger charge is -2.09. The van der Waals surface area contributed by atoms with Crippen LogP contribution in [0, 0.1) is 16.7 Å². The third-order valence-corrected chi connectivity index (χ3v) is 4.13. The van der Waals surface area contributed by atoms with Crippen LogP contribution in [0.4, 0.5) is 0 Å². The largest absolute Gasteiger partial charge is 0.330 e. The zero-order valence-electron chi connectivity index (χ0n) is 7.79. The van der Waals surface area contributed by atoms with Crippen LogP contribution in [0.1, 0.15) is 25.7 Å². The molecule has 3 nitrogen and oxygen atoms in total. The average Bonchev–Trinajstić information content (AvgIpc) is 2.82. The van der Waals surface area contributed by atoms with Crippen LogP contribution in [-0.2, 0) is 10.8 Å². The Labute approximate surface area is 81.8 Å². The van der Waals surface area contributed by atoms with Crippen molar-refractivity contribution in [3.8, 4) is 6.07 Å². The molecule has 0 radical (unpaired) electrons. The molecule has 1 aliphatic rings. The molecule has 0 bridgehead atoms. The maximum Gasteiger partial charge on any atom is 0.0627 e. The van der Waals surface area contributed by atoms with E-state index in [0.29, 0.717) is 24.5 Å². The fourth-order valence-electron chi connectivity index (χ4n) is 1.37. The minimum atomic E-state index is -0.759. The molecular formula is C9H16N2OS. The fraction of sp³-hybridized carbons (Fsp3) is 0.889. The van der Waals surface area contributed by atoms with Crippen LogP contribution in [0.5, 0.6) is 0 Å². The van der Waals surface area contributed by atoms with Crippen molar-refractivity contribution in [2.45, 2.75) is 25.7 Å². The molecule has 0 aromatic rings. The molecule has 0 aliphatic heterocycles. The Morgan fingerprint density at radius 2 is 2.23 bits per heavy atom. The summed E-state index contributed by atoms with van der Waals surface area (Å²) in [5.41, 5.74) is 5.45. The monoisotopic (exact) mass is 200 g/mol. The molecule has 0 saturated heterocycles. The number of nitriles is 1. The van der Waals surface area contributed by atoms with Crippen LogP contribution in [0.25, 0.3) is 0 Å². The Morgan fingerprint density at radius 3 is 2.69 bits per heavy atom. The van der Waals surface area contributed by atoms with Crippen LogP contribution in [-0.4, -0.2) is 22.3 Å². The van der Waals surface area contributed by atoms with E-state index in [4.69, 9.17) is 11.0 Å². The van der Waals surface area contributed by atoms with Gasteiger partial charge in [0.2, 0.25) is 0 Å². The van der Waals surface area contributed by atoms with Gasteiger partial charge in [0.1, 0.15) is 0 Å². The normalized spacial score (nSPS) is 20.6. The highest BCUT2D eigenvalue weighted by molar-refractivity contribution is 7.85. The fourth-order valence-corrected chi connectivity index (χ4v) is 3.08. The van der Waals surface area contributed by atoms with Crippen molar-refractivity contribution >= 4 is 10.8 Å². The summed E-state index contributed by atoms with van der Waals surface area (Å²) in [6, 6.07) is 2.17. The summed E-state index contributed by atoms with van der Waals surface area (Å²) in [4.78, 5) is 0. The van der Waals surface area contributed by atoms with E-state index in [1.807, 2.05) is 0 Å². The highest BCUT2D eigenvalue weighted by Gasteiger charge is 2.43. The summed E-state index contributed by atoms with van der Waals surface area (Å²) < 4.78 is 11.5. The summed E-state index contributed by atoms with van der Waals surface area (Å²) in [7, 11) is -0.759. The summed E-state index contributed by atoms with van der Waals surface area (Å²) in [5, 5.41) is 8.56. The molecule has 1 atom stereocenters. The van der Waals surface area contributed by atoms with Gasteiger partial charge in [0.05, 0.1) is 6.07 Å². The highest BCUT2D eigenvalue weighted by Crippen LogP contribution is 2.49. The summed E-state index contributed by atoms with van der Waals surface area (Å²) in [6.45, 7) is 0.608. The van der Waals surface area contributed by atoms with E-state index in [1.54, 1.807) is 0 Å². The molecule has 1 fully saturated rings. The van der Waals surface area contributed by atoms with E-state index >= 15 is 0 Å². The van der Waals surface area contributed by atoms with Crippen LogP contribution < -0.4 is 5.73 Å². The van der Waals surface area contributed by atoms with Gasteiger partial charge in [-0.3, -0.25) is 4.21 Å². The molecular weight excluding hydrogens is 184 g/mol. The van der Waals surface area contributed by atoms with Gasteiger partial charge in [-0.25, -0.2) is 0 Å². The number of rotatable bonds is 6. The second-order valence-corrected chi connectivity index (χ2v) is 5.34. The molecule has 1 unspecified atom stereocenters. The van der Waals surface area contributed by atoms with E-state index < -0.39 is 10.8 Å². The molecule has 0 amide bonds. The molecule has 0 spiro atoms. The Kier molecular flexibility index (Phi) is 3.89. The van der Waals surface area contributed by atoms with Gasteiger partial charge >= 0.3 is 0 Å². The number of hydrogen-bond donors (Lipinski definition) is 1. The van der Waals surface area contributed by atoms with Gasteiger partial charge in [-0.2, -0.15) is 5.26 Å². The van der Waals surface area contributed by atoms with Crippen molar-refractivity contribution < 1.29 is 4.21 Å². The van der Waals surface area contributed by atoms with Crippen LogP contribution in [0.15, 0.2) is 0 Å². The average molecular weight is 200 g/mol. The van der Waals surface area contributed by atoms with E-state index in [0.717, 1.165) is 19.3 Å². The van der Waals surface area contributed by atoms with E-state index in [9.17, 15) is 4.21 Å². The Balaban J connectivity index is 2.24. The molecule has 0 aromatic carbocycles. The number of hydrogen-bond acceptors (Lipinski definition) is 3. The first-order chi connectivity index (χ1) is 6.22. The van der Waals surface area contributed by atoms with Gasteiger partial charge in [-0.1, -0.05) is 0 Å². The Hall–Kier alpha value is -0.400. The predicted molar refractivity (Wildman–Crippen MR) is 53.4 cm³/mol. The molecule has 13 heavy (non-hydrogen) atoms. The summed E-state index contributed by atoms with van der Waals surface area (Å²) in [6.07, 6.45) is 3.56. The molecule has 1 rings (SSSR count). The van der Waals surface area contributed by atoms with Gasteiger partial charge in [0, 0.05) is 28.7 Å². The smallest absolute Gasteiger partial charge is 0.0627 e. The molecule has 1 saturated carbocycles. The number of nitrogens with two attached hydrogens (primary N) is 1. The van der Waals surface area contributed by atoms with Gasteiger partial charge in [-0.15, -0.1) is 0 Å². The lowest BCUT2D eigenvalue weighted by Crippen LogP contribution is -2.15. The Bertz CT molecular complexity index is 230. The zero-order valence-corrected chi connectivity index (χ0v) is 8.61. The minimum absolute atomic E-state index is 0.119. The molecule has 2 N–H and O–H groups in total. The quantitative estimate of drug-likeness (QED) is 0.689. The van der Waals surface area contributed by atoms with Crippen molar-refractivity contribution in [2.24, 2.45) is 11.1 Å². The van der Waals surface area contributed by atoms with E-state index in [-0.39, 0.29) is 5.41 Å². The first kappa shape index (κ1) is 10.7. The van der Waals surface area contributed by atoms with Gasteiger partial charge in [0.15, 0.2) is 0 Å². The second kappa shape index (κ2) is 4.73. The SMILES string of the molecule is N#CCC1(CS(=O)CCCN)CC1. The predicted octanol–water partition coefficient (Wildman–Crippen LogP) is 0.778. The topological polar surface area (TPSA) is 66.9 Å². The third-order valence-electron chi connectivity index (χ3n) is 2.45. The molecule has 74 valence electrons. The van der Waals surface area contributed by atoms with Gasteiger partial charge < -0.3 is 5.73 Å². The van der Waals surface area contributed by atoms with E-state index in [1.165, 1.54) is 0 Å². The van der Waals surface area contributed by atoms with Crippen molar-refractivity contribution in [3.63, 3.8) is 0 Å². The zero-order chi connectivity index (χ0) is 9.73. The van der Waals surface area contributed by atoms with Gasteiger partial charge in [-0.05, 0) is 31.2 Å². The standard InChI is InChI=1S/C9H16N2OS/c10-5-1-7-13(12)8-9(2-3-9)4-6-11/h1-5,7-8,10H2. The number of nitrogens with zero attached hydrogens (tertiary/aromatic N) is 1. The minimum Gasteiger partial charge on any atom is -0.330 e. The van der Waals surface area contributed by atoms with Crippen LogP contribution in [0.2, 0.25) is 0 Å². The highest BCUT2D eigenvalue weighted by atomic mass is 32.2.